The third-order valence-electron chi connectivity index (χ3n) is 8.77. The fraction of sp³-hybridized carbons (Fsp3) is 0.731. The Labute approximate surface area is 231 Å². The number of carbonyl (C=O) groups excluding carboxylic acids is 4. The van der Waals surface area contributed by atoms with E-state index in [1.54, 1.807) is 26.0 Å². The van der Waals surface area contributed by atoms with Crippen molar-refractivity contribution in [3.63, 3.8) is 0 Å². The fourth-order valence-electron chi connectivity index (χ4n) is 6.64. The van der Waals surface area contributed by atoms with Crippen LogP contribution in [0, 0.1) is 6.92 Å². The third kappa shape index (κ3) is 5.11. The molecule has 39 heavy (non-hydrogen) atoms. The number of nitrogens with zero attached hydrogens (tertiary/aromatic N) is 5. The lowest BCUT2D eigenvalue weighted by molar-refractivity contribution is -0.146. The molecular formula is C26H37N7O5S. The van der Waals surface area contributed by atoms with Crippen molar-refractivity contribution in [3.05, 3.63) is 15.6 Å². The highest BCUT2D eigenvalue weighted by molar-refractivity contribution is 7.11. The van der Waals surface area contributed by atoms with Crippen molar-refractivity contribution in [1.29, 1.82) is 0 Å². The molecule has 13 heteroatoms. The molecule has 0 aromatic carbocycles. The van der Waals surface area contributed by atoms with Gasteiger partial charge in [0.05, 0.1) is 30.3 Å². The minimum Gasteiger partial charge on any atom is -0.378 e. The summed E-state index contributed by atoms with van der Waals surface area (Å²) < 4.78 is 5.41. The number of carbonyl (C=O) groups is 4. The van der Waals surface area contributed by atoms with E-state index in [9.17, 15) is 19.2 Å². The number of urea groups is 1. The maximum atomic E-state index is 14.1. The molecule has 0 spiro atoms. The maximum absolute atomic E-state index is 14.1. The molecule has 1 aromatic rings. The van der Waals surface area contributed by atoms with Crippen molar-refractivity contribution >= 4 is 35.1 Å². The van der Waals surface area contributed by atoms with Gasteiger partial charge in [-0.05, 0) is 32.6 Å². The number of morpholine rings is 1. The lowest BCUT2D eigenvalue weighted by Crippen LogP contribution is -2.56. The fourth-order valence-corrected chi connectivity index (χ4v) is 7.74. The summed E-state index contributed by atoms with van der Waals surface area (Å²) in [5, 5.41) is 4.09. The van der Waals surface area contributed by atoms with Crippen LogP contribution < -0.4 is 11.1 Å². The second-order valence-corrected chi connectivity index (χ2v) is 12.6. The predicted octanol–water partition coefficient (Wildman–Crippen LogP) is -0.347. The number of ether oxygens (including phenoxy) is 1. The van der Waals surface area contributed by atoms with Crippen LogP contribution in [0.15, 0.2) is 0 Å². The predicted molar refractivity (Wildman–Crippen MR) is 142 cm³/mol. The van der Waals surface area contributed by atoms with Crippen molar-refractivity contribution in [2.24, 2.45) is 5.73 Å². The molecule has 4 atom stereocenters. The van der Waals surface area contributed by atoms with Crippen LogP contribution in [-0.2, 0) is 25.5 Å². The SMILES string of the molecule is Cc1sc2nc1CC(=O)N[C@@H]1C[C@@H](C(=O)N3C[C@@H](N)C[C@H]3C(=O)N3CCC2CC3)N(C(=O)N2CCOCC2)C1. The number of aromatic nitrogens is 1. The van der Waals surface area contributed by atoms with E-state index >= 15 is 0 Å². The van der Waals surface area contributed by atoms with Gasteiger partial charge in [-0.25, -0.2) is 9.78 Å². The minimum atomic E-state index is -0.778. The highest BCUT2D eigenvalue weighted by Crippen LogP contribution is 2.34. The molecule has 0 saturated carbocycles. The van der Waals surface area contributed by atoms with Crippen molar-refractivity contribution in [2.75, 3.05) is 52.5 Å². The highest BCUT2D eigenvalue weighted by Gasteiger charge is 2.48. The number of nitrogens with one attached hydrogen (secondary N) is 1. The smallest absolute Gasteiger partial charge is 0.320 e. The first kappa shape index (κ1) is 26.5. The lowest BCUT2D eigenvalue weighted by Gasteiger charge is -2.37. The summed E-state index contributed by atoms with van der Waals surface area (Å²) in [6.07, 6.45) is 2.45. The molecule has 0 radical (unpaired) electrons. The van der Waals surface area contributed by atoms with Crippen LogP contribution in [0.5, 0.6) is 0 Å². The first-order valence-electron chi connectivity index (χ1n) is 14.0. The summed E-state index contributed by atoms with van der Waals surface area (Å²) in [6, 6.07) is -2.34. The van der Waals surface area contributed by atoms with Gasteiger partial charge in [-0.3, -0.25) is 14.4 Å². The number of hydrogen-bond donors (Lipinski definition) is 2. The van der Waals surface area contributed by atoms with E-state index in [1.807, 2.05) is 11.8 Å². The van der Waals surface area contributed by atoms with Gasteiger partial charge in [0.2, 0.25) is 17.7 Å². The van der Waals surface area contributed by atoms with Crippen molar-refractivity contribution in [1.82, 2.24) is 29.9 Å². The zero-order chi connectivity index (χ0) is 27.3. The first-order valence-corrected chi connectivity index (χ1v) is 14.8. The third-order valence-corrected chi connectivity index (χ3v) is 9.95. The van der Waals surface area contributed by atoms with Gasteiger partial charge in [-0.1, -0.05) is 0 Å². The van der Waals surface area contributed by atoms with E-state index in [2.05, 4.69) is 5.32 Å². The van der Waals surface area contributed by atoms with Crippen LogP contribution in [0.1, 0.15) is 47.2 Å². The molecular weight excluding hydrogens is 522 g/mol. The van der Waals surface area contributed by atoms with Gasteiger partial charge in [0.15, 0.2) is 0 Å². The van der Waals surface area contributed by atoms with Gasteiger partial charge >= 0.3 is 6.03 Å². The monoisotopic (exact) mass is 559 g/mol. The zero-order valence-electron chi connectivity index (χ0n) is 22.3. The zero-order valence-corrected chi connectivity index (χ0v) is 23.2. The number of amides is 5. The molecule has 0 unspecified atom stereocenters. The molecule has 6 aliphatic heterocycles. The molecule has 6 bridgehead atoms. The second kappa shape index (κ2) is 10.7. The summed E-state index contributed by atoms with van der Waals surface area (Å²) >= 11 is 1.64. The van der Waals surface area contributed by atoms with Crippen LogP contribution in [0.2, 0.25) is 0 Å². The van der Waals surface area contributed by atoms with E-state index in [0.29, 0.717) is 52.2 Å². The van der Waals surface area contributed by atoms with E-state index < -0.39 is 12.1 Å². The topological polar surface area (TPSA) is 141 Å². The van der Waals surface area contributed by atoms with Crippen molar-refractivity contribution in [3.8, 4) is 0 Å². The number of thiazole rings is 1. The van der Waals surface area contributed by atoms with Gasteiger partial charge in [0.25, 0.3) is 0 Å². The van der Waals surface area contributed by atoms with Gasteiger partial charge in [-0.2, -0.15) is 0 Å². The van der Waals surface area contributed by atoms with Crippen LogP contribution in [0.4, 0.5) is 4.79 Å². The molecule has 3 N–H and O–H groups in total. The second-order valence-electron chi connectivity index (χ2n) is 11.4. The summed E-state index contributed by atoms with van der Waals surface area (Å²) in [5.74, 6) is -0.241. The van der Waals surface area contributed by atoms with Crippen LogP contribution in [-0.4, -0.2) is 125 Å². The standard InChI is InChI=1S/C26H37N7O5S/c1-15-19-12-22(34)28-18-11-21(33(14-18)26(37)31-6-8-38-9-7-31)25(36)32-13-17(27)10-20(32)24(35)30-4-2-16(3-5-30)23(29-19)39-15/h16-18,20-21H,2-14,27H2,1H3,(H,28,34)/t17-,18+,20-,21-/m0/s1. The number of rotatable bonds is 0. The van der Waals surface area contributed by atoms with Crippen LogP contribution in [0.3, 0.4) is 0 Å². The van der Waals surface area contributed by atoms with E-state index in [-0.39, 0.29) is 61.3 Å². The molecule has 5 amide bonds. The Hall–Kier alpha value is -2.77. The van der Waals surface area contributed by atoms with Crippen molar-refractivity contribution in [2.45, 2.75) is 69.1 Å². The average Bonchev–Trinajstić information content (AvgIpc) is 3.64. The molecule has 212 valence electrons. The van der Waals surface area contributed by atoms with Gasteiger partial charge < -0.3 is 35.4 Å². The van der Waals surface area contributed by atoms with E-state index in [0.717, 1.165) is 28.4 Å². The number of piperidine rings is 1. The molecule has 7 rings (SSSR count). The summed E-state index contributed by atoms with van der Waals surface area (Å²) in [7, 11) is 0. The number of hydrogen-bond acceptors (Lipinski definition) is 8. The Balaban J connectivity index is 1.32. The Bertz CT molecular complexity index is 1150. The Kier molecular flexibility index (Phi) is 7.23. The summed E-state index contributed by atoms with van der Waals surface area (Å²) in [5.41, 5.74) is 7.07. The number of likely N-dealkylation sites (tertiary alicyclic amines) is 1. The van der Waals surface area contributed by atoms with E-state index in [4.69, 9.17) is 15.5 Å². The Morgan fingerprint density at radius 1 is 1.03 bits per heavy atom. The van der Waals surface area contributed by atoms with Crippen LogP contribution >= 0.6 is 11.3 Å². The van der Waals surface area contributed by atoms with Gasteiger partial charge in [0, 0.05) is 62.1 Å². The highest BCUT2D eigenvalue weighted by atomic mass is 32.1. The van der Waals surface area contributed by atoms with Crippen LogP contribution in [0.25, 0.3) is 0 Å². The normalized spacial score (nSPS) is 31.9. The molecule has 7 heterocycles. The largest absolute Gasteiger partial charge is 0.378 e. The molecule has 1 aromatic heterocycles. The lowest BCUT2D eigenvalue weighted by atomic mass is 9.96. The Morgan fingerprint density at radius 2 is 1.77 bits per heavy atom. The van der Waals surface area contributed by atoms with Gasteiger partial charge in [0.1, 0.15) is 12.1 Å². The van der Waals surface area contributed by atoms with Gasteiger partial charge in [-0.15, -0.1) is 11.3 Å². The minimum absolute atomic E-state index is 0.0658. The van der Waals surface area contributed by atoms with E-state index in [1.165, 1.54) is 0 Å². The quantitative estimate of drug-likeness (QED) is 0.443. The number of aryl methyl sites for hydroxylation is 1. The number of nitrogens with two attached hydrogens (primary N) is 1. The Morgan fingerprint density at radius 3 is 2.51 bits per heavy atom. The number of fused-ring (bicyclic) bond motifs is 4. The van der Waals surface area contributed by atoms with Crippen molar-refractivity contribution < 1.29 is 23.9 Å². The summed E-state index contributed by atoms with van der Waals surface area (Å²) in [4.78, 5) is 67.1. The molecule has 0 aliphatic carbocycles. The molecule has 12 nitrogen and oxygen atoms in total. The maximum Gasteiger partial charge on any atom is 0.320 e. The average molecular weight is 560 g/mol. The molecule has 4 saturated heterocycles. The molecule has 6 aliphatic rings. The first-order chi connectivity index (χ1) is 18.8. The summed E-state index contributed by atoms with van der Waals surface area (Å²) in [6.45, 7) is 5.48. The molecule has 4 fully saturated rings.